The number of likely N-dealkylation sites (tertiary alicyclic amines) is 1. The van der Waals surface area contributed by atoms with Crippen LogP contribution in [0.4, 0.5) is 13.2 Å². The summed E-state index contributed by atoms with van der Waals surface area (Å²) < 4.78 is 39.5. The molecule has 2 atom stereocenters. The molecule has 1 aliphatic heterocycles. The number of alkyl halides is 3. The number of nitrogens with one attached hydrogen (secondary N) is 1. The molecule has 1 saturated heterocycles. The molecule has 0 spiro atoms. The van der Waals surface area contributed by atoms with Gasteiger partial charge in [-0.05, 0) is 24.5 Å². The molecule has 2 amide bonds. The maximum atomic E-state index is 13.0. The third kappa shape index (κ3) is 4.63. The largest absolute Gasteiger partial charge is 0.435 e. The fraction of sp³-hybridized carbons (Fsp3) is 0.381. The molecule has 33 heavy (non-hydrogen) atoms. The zero-order chi connectivity index (χ0) is 23.9. The number of hydrogen-bond acceptors (Lipinski definition) is 5. The van der Waals surface area contributed by atoms with Gasteiger partial charge >= 0.3 is 6.18 Å². The van der Waals surface area contributed by atoms with Crippen molar-refractivity contribution in [3.05, 3.63) is 52.6 Å². The Morgan fingerprint density at radius 1 is 1.18 bits per heavy atom. The van der Waals surface area contributed by atoms with Crippen molar-refractivity contribution in [1.82, 2.24) is 30.0 Å². The Labute approximate surface area is 191 Å². The van der Waals surface area contributed by atoms with Crippen LogP contribution in [0.2, 0.25) is 5.02 Å². The van der Waals surface area contributed by atoms with Crippen molar-refractivity contribution in [1.29, 1.82) is 0 Å². The van der Waals surface area contributed by atoms with Gasteiger partial charge < -0.3 is 10.2 Å². The summed E-state index contributed by atoms with van der Waals surface area (Å²) in [6, 6.07) is 3.61. The van der Waals surface area contributed by atoms with Crippen molar-refractivity contribution in [2.24, 2.45) is 13.0 Å². The minimum atomic E-state index is -4.63. The molecule has 8 nitrogen and oxygen atoms in total. The molecule has 1 aromatic carbocycles. The van der Waals surface area contributed by atoms with E-state index in [0.29, 0.717) is 41.1 Å². The maximum Gasteiger partial charge on any atom is 0.435 e. The first-order valence-corrected chi connectivity index (χ1v) is 10.5. The first-order valence-electron chi connectivity index (χ1n) is 10.2. The Morgan fingerprint density at radius 3 is 2.58 bits per heavy atom. The zero-order valence-corrected chi connectivity index (χ0v) is 18.5. The van der Waals surface area contributed by atoms with E-state index >= 15 is 0 Å². The van der Waals surface area contributed by atoms with Gasteiger partial charge in [-0.25, -0.2) is 0 Å². The predicted molar refractivity (Wildman–Crippen MR) is 114 cm³/mol. The number of fused-ring (bicyclic) bond motifs is 1. The second-order valence-corrected chi connectivity index (χ2v) is 8.42. The van der Waals surface area contributed by atoms with Gasteiger partial charge in [0.1, 0.15) is 11.2 Å². The van der Waals surface area contributed by atoms with E-state index in [9.17, 15) is 22.8 Å². The van der Waals surface area contributed by atoms with E-state index in [2.05, 4.69) is 20.4 Å². The monoisotopic (exact) mass is 480 g/mol. The van der Waals surface area contributed by atoms with Gasteiger partial charge in [-0.1, -0.05) is 18.5 Å². The van der Waals surface area contributed by atoms with Crippen LogP contribution in [0.3, 0.4) is 0 Å². The third-order valence-electron chi connectivity index (χ3n) is 5.69. The van der Waals surface area contributed by atoms with Crippen LogP contribution >= 0.6 is 11.6 Å². The number of benzene rings is 1. The molecular weight excluding hydrogens is 461 g/mol. The first kappa shape index (κ1) is 23.0. The van der Waals surface area contributed by atoms with Crippen LogP contribution in [0.5, 0.6) is 0 Å². The molecule has 0 unspecified atom stereocenters. The highest BCUT2D eigenvalue weighted by atomic mass is 35.5. The predicted octanol–water partition coefficient (Wildman–Crippen LogP) is 3.32. The van der Waals surface area contributed by atoms with Gasteiger partial charge in [0.15, 0.2) is 5.69 Å². The second kappa shape index (κ2) is 8.62. The van der Waals surface area contributed by atoms with Crippen molar-refractivity contribution in [3.8, 4) is 0 Å². The summed E-state index contributed by atoms with van der Waals surface area (Å²) in [7, 11) is 1.29. The van der Waals surface area contributed by atoms with Crippen LogP contribution in [-0.2, 0) is 13.2 Å². The van der Waals surface area contributed by atoms with E-state index in [0.717, 1.165) is 10.7 Å². The number of nitrogens with zero attached hydrogens (tertiary/aromatic N) is 5. The lowest BCUT2D eigenvalue weighted by Crippen LogP contribution is -2.51. The second-order valence-electron chi connectivity index (χ2n) is 8.02. The van der Waals surface area contributed by atoms with Crippen molar-refractivity contribution in [3.63, 3.8) is 0 Å². The highest BCUT2D eigenvalue weighted by Crippen LogP contribution is 2.29. The Morgan fingerprint density at radius 2 is 1.91 bits per heavy atom. The number of piperidine rings is 1. The molecule has 0 aliphatic carbocycles. The smallest absolute Gasteiger partial charge is 0.348 e. The summed E-state index contributed by atoms with van der Waals surface area (Å²) in [6.07, 6.45) is -1.15. The van der Waals surface area contributed by atoms with Crippen LogP contribution in [0, 0.1) is 5.92 Å². The Kier molecular flexibility index (Phi) is 6.00. The number of carbonyl (C=O) groups excluding carboxylic acids is 2. The molecule has 0 bridgehead atoms. The average molecular weight is 481 g/mol. The molecular formula is C21H20ClF3N6O2. The number of amides is 2. The standard InChI is InChI=1S/C21H20ClF3N6O2/c1-11-10-31(20(33)12-7-13(22)18-15(8-12)26-4-5-27-18)6-3-14(11)28-19(32)16-9-17(21(23,24)25)29-30(16)2/h4-5,7-9,11,14H,3,6,10H2,1-2H3,(H,28,32)/t11-,14-/m0/s1. The Bertz CT molecular complexity index is 1230. The molecule has 2 aromatic heterocycles. The van der Waals surface area contributed by atoms with Crippen molar-refractivity contribution in [2.45, 2.75) is 25.6 Å². The van der Waals surface area contributed by atoms with E-state index < -0.39 is 17.8 Å². The molecule has 1 fully saturated rings. The number of carbonyl (C=O) groups is 2. The van der Waals surface area contributed by atoms with Gasteiger partial charge in [0.2, 0.25) is 0 Å². The maximum absolute atomic E-state index is 13.0. The van der Waals surface area contributed by atoms with Gasteiger partial charge in [0.05, 0.1) is 10.5 Å². The topological polar surface area (TPSA) is 93.0 Å². The van der Waals surface area contributed by atoms with E-state index in [1.807, 2.05) is 6.92 Å². The fourth-order valence-electron chi connectivity index (χ4n) is 3.94. The SMILES string of the molecule is C[C@H]1CN(C(=O)c2cc(Cl)c3nccnc3c2)CC[C@@H]1NC(=O)c1cc(C(F)(F)F)nn1C. The zero-order valence-electron chi connectivity index (χ0n) is 17.7. The first-order chi connectivity index (χ1) is 15.5. The minimum Gasteiger partial charge on any atom is -0.348 e. The highest BCUT2D eigenvalue weighted by molar-refractivity contribution is 6.35. The van der Waals surface area contributed by atoms with E-state index in [1.54, 1.807) is 17.0 Å². The minimum absolute atomic E-state index is 0.127. The van der Waals surface area contributed by atoms with Crippen LogP contribution in [0.25, 0.3) is 11.0 Å². The van der Waals surface area contributed by atoms with Crippen LogP contribution in [0.1, 0.15) is 39.9 Å². The number of hydrogen-bond donors (Lipinski definition) is 1. The van der Waals surface area contributed by atoms with Gasteiger partial charge in [-0.2, -0.15) is 18.3 Å². The molecule has 174 valence electrons. The number of aromatic nitrogens is 4. The van der Waals surface area contributed by atoms with Gasteiger partial charge in [-0.3, -0.25) is 24.2 Å². The molecule has 0 radical (unpaired) electrons. The van der Waals surface area contributed by atoms with Gasteiger partial charge in [-0.15, -0.1) is 0 Å². The molecule has 0 saturated carbocycles. The summed E-state index contributed by atoms with van der Waals surface area (Å²) in [5.74, 6) is -0.989. The van der Waals surface area contributed by atoms with Crippen molar-refractivity contribution < 1.29 is 22.8 Å². The Hall–Kier alpha value is -3.21. The average Bonchev–Trinajstić information content (AvgIpc) is 3.17. The van der Waals surface area contributed by atoms with Gasteiger partial charge in [0, 0.05) is 50.2 Å². The van der Waals surface area contributed by atoms with Gasteiger partial charge in [0.25, 0.3) is 11.8 Å². The summed E-state index contributed by atoms with van der Waals surface area (Å²) in [5, 5.41) is 6.48. The van der Waals surface area contributed by atoms with Crippen LogP contribution in [-0.4, -0.2) is 55.6 Å². The number of aryl methyl sites for hydroxylation is 1. The molecule has 1 N–H and O–H groups in total. The van der Waals surface area contributed by atoms with Crippen molar-refractivity contribution in [2.75, 3.05) is 13.1 Å². The number of halogens is 4. The van der Waals surface area contributed by atoms with Crippen LogP contribution in [0.15, 0.2) is 30.6 Å². The van der Waals surface area contributed by atoms with Crippen molar-refractivity contribution >= 4 is 34.4 Å². The van der Waals surface area contributed by atoms with Crippen LogP contribution < -0.4 is 5.32 Å². The molecule has 4 rings (SSSR count). The molecule has 3 heterocycles. The lowest BCUT2D eigenvalue weighted by molar-refractivity contribution is -0.141. The number of rotatable bonds is 3. The summed E-state index contributed by atoms with van der Waals surface area (Å²) in [4.78, 5) is 35.6. The molecule has 12 heteroatoms. The summed E-state index contributed by atoms with van der Waals surface area (Å²) in [5.41, 5.74) is 0.104. The third-order valence-corrected chi connectivity index (χ3v) is 5.97. The quantitative estimate of drug-likeness (QED) is 0.621. The van der Waals surface area contributed by atoms with E-state index in [1.165, 1.54) is 19.4 Å². The fourth-order valence-corrected chi connectivity index (χ4v) is 4.21. The highest BCUT2D eigenvalue weighted by Gasteiger charge is 2.36. The summed E-state index contributed by atoms with van der Waals surface area (Å²) >= 11 is 6.26. The normalized spacial score (nSPS) is 19.0. The Balaban J connectivity index is 1.43. The van der Waals surface area contributed by atoms with E-state index in [-0.39, 0.29) is 23.6 Å². The summed E-state index contributed by atoms with van der Waals surface area (Å²) in [6.45, 7) is 2.59. The lowest BCUT2D eigenvalue weighted by atomic mass is 9.93. The molecule has 3 aromatic rings. The molecule has 1 aliphatic rings. The van der Waals surface area contributed by atoms with E-state index in [4.69, 9.17) is 11.6 Å². The lowest BCUT2D eigenvalue weighted by Gasteiger charge is -2.37.